The quantitative estimate of drug-likeness (QED) is 0.840. The molecule has 0 aliphatic carbocycles. The van der Waals surface area contributed by atoms with Gasteiger partial charge in [-0.1, -0.05) is 0 Å². The molecule has 0 unspecified atom stereocenters. The van der Waals surface area contributed by atoms with E-state index >= 15 is 0 Å². The fraction of sp³-hybridized carbons (Fsp3) is 0.615. The maximum absolute atomic E-state index is 10.8. The summed E-state index contributed by atoms with van der Waals surface area (Å²) in [5.41, 5.74) is 0. The van der Waals surface area contributed by atoms with Crippen LogP contribution in [0.2, 0.25) is 0 Å². The van der Waals surface area contributed by atoms with Crippen molar-refractivity contribution >= 4 is 11.8 Å². The average Bonchev–Trinajstić information content (AvgIpc) is 2.64. The lowest BCUT2D eigenvalue weighted by molar-refractivity contribution is -0.138. The molecule has 1 fully saturated rings. The van der Waals surface area contributed by atoms with Crippen LogP contribution >= 0.6 is 0 Å². The normalized spacial score (nSPS) is 16.8. The third-order valence-electron chi connectivity index (χ3n) is 3.19. The summed E-state index contributed by atoms with van der Waals surface area (Å²) in [6.45, 7) is 5.73. The van der Waals surface area contributed by atoms with Gasteiger partial charge in [0.05, 0.1) is 13.2 Å². The molecule has 1 aliphatic rings. The lowest BCUT2D eigenvalue weighted by Crippen LogP contribution is -2.34. The van der Waals surface area contributed by atoms with Crippen LogP contribution in [0.4, 0.5) is 5.82 Å². The van der Waals surface area contributed by atoms with Gasteiger partial charge in [0.1, 0.15) is 12.1 Å². The minimum absolute atomic E-state index is 0.0990. The van der Waals surface area contributed by atoms with Crippen molar-refractivity contribution in [2.24, 2.45) is 0 Å². The molecule has 0 radical (unpaired) electrons. The molecule has 7 heteroatoms. The lowest BCUT2D eigenvalue weighted by atomic mass is 10.3. The lowest BCUT2D eigenvalue weighted by Gasteiger charge is -2.22. The van der Waals surface area contributed by atoms with Gasteiger partial charge in [-0.3, -0.25) is 9.69 Å². The maximum atomic E-state index is 10.8. The molecule has 2 heterocycles. The Balaban J connectivity index is 1.99. The summed E-state index contributed by atoms with van der Waals surface area (Å²) in [7, 11) is 0. The fourth-order valence-corrected chi connectivity index (χ4v) is 2.28. The van der Waals surface area contributed by atoms with Crippen LogP contribution in [0.3, 0.4) is 0 Å². The number of carboxylic acids is 1. The molecular weight excluding hydrogens is 260 g/mol. The number of aliphatic carboxylic acids is 1. The van der Waals surface area contributed by atoms with Gasteiger partial charge in [-0.15, -0.1) is 0 Å². The van der Waals surface area contributed by atoms with Crippen LogP contribution in [-0.4, -0.2) is 65.3 Å². The van der Waals surface area contributed by atoms with Crippen molar-refractivity contribution < 1.29 is 14.6 Å². The zero-order valence-corrected chi connectivity index (χ0v) is 11.7. The van der Waals surface area contributed by atoms with E-state index in [0.717, 1.165) is 38.4 Å². The molecule has 1 saturated heterocycles. The third-order valence-corrected chi connectivity index (χ3v) is 3.19. The molecular formula is C13H20N4O3. The molecule has 0 amide bonds. The molecule has 0 spiro atoms. The molecule has 1 aromatic heterocycles. The Morgan fingerprint density at radius 2 is 2.20 bits per heavy atom. The summed E-state index contributed by atoms with van der Waals surface area (Å²) in [5.74, 6) is 0.629. The van der Waals surface area contributed by atoms with Crippen molar-refractivity contribution in [2.75, 3.05) is 44.2 Å². The molecule has 1 aromatic rings. The van der Waals surface area contributed by atoms with Gasteiger partial charge in [-0.2, -0.15) is 0 Å². The number of hydrogen-bond acceptors (Lipinski definition) is 6. The Hall–Kier alpha value is -1.89. The summed E-state index contributed by atoms with van der Waals surface area (Å²) in [4.78, 5) is 23.2. The standard InChI is InChI=1S/C13H20N4O3/c1-2-20-12-8-11(14-10-15-12)17-5-3-4-16(6-7-17)9-13(18)19/h8,10H,2-7,9H2,1H3,(H,18,19). The minimum atomic E-state index is -0.779. The number of nitrogens with zero attached hydrogens (tertiary/aromatic N) is 4. The molecule has 1 aliphatic heterocycles. The molecule has 110 valence electrons. The monoisotopic (exact) mass is 280 g/mol. The van der Waals surface area contributed by atoms with E-state index in [1.54, 1.807) is 0 Å². The van der Waals surface area contributed by atoms with Crippen LogP contribution in [-0.2, 0) is 4.79 Å². The second kappa shape index (κ2) is 7.04. The van der Waals surface area contributed by atoms with Crippen LogP contribution in [0.15, 0.2) is 12.4 Å². The molecule has 1 N–H and O–H groups in total. The second-order valence-corrected chi connectivity index (χ2v) is 4.66. The van der Waals surface area contributed by atoms with E-state index < -0.39 is 5.97 Å². The van der Waals surface area contributed by atoms with Crippen LogP contribution in [0.25, 0.3) is 0 Å². The van der Waals surface area contributed by atoms with Crippen LogP contribution < -0.4 is 9.64 Å². The zero-order valence-electron chi connectivity index (χ0n) is 11.7. The summed E-state index contributed by atoms with van der Waals surface area (Å²) in [5, 5.41) is 8.84. The summed E-state index contributed by atoms with van der Waals surface area (Å²) < 4.78 is 5.38. The zero-order chi connectivity index (χ0) is 14.4. The van der Waals surface area contributed by atoms with E-state index in [9.17, 15) is 4.79 Å². The first-order valence-corrected chi connectivity index (χ1v) is 6.83. The second-order valence-electron chi connectivity index (χ2n) is 4.66. The van der Waals surface area contributed by atoms with Crippen LogP contribution in [0.5, 0.6) is 5.88 Å². The molecule has 0 saturated carbocycles. The smallest absolute Gasteiger partial charge is 0.317 e. The van der Waals surface area contributed by atoms with E-state index in [1.807, 2.05) is 17.9 Å². The van der Waals surface area contributed by atoms with Crippen molar-refractivity contribution in [1.82, 2.24) is 14.9 Å². The topological polar surface area (TPSA) is 78.8 Å². The highest BCUT2D eigenvalue weighted by molar-refractivity contribution is 5.69. The number of ether oxygens (including phenoxy) is 1. The van der Waals surface area contributed by atoms with Crippen molar-refractivity contribution in [1.29, 1.82) is 0 Å². The third kappa shape index (κ3) is 4.06. The highest BCUT2D eigenvalue weighted by Gasteiger charge is 2.18. The summed E-state index contributed by atoms with van der Waals surface area (Å²) in [6, 6.07) is 1.83. The van der Waals surface area contributed by atoms with Gasteiger partial charge >= 0.3 is 5.97 Å². The highest BCUT2D eigenvalue weighted by Crippen LogP contribution is 2.17. The van der Waals surface area contributed by atoms with Gasteiger partial charge in [0, 0.05) is 32.2 Å². The molecule has 20 heavy (non-hydrogen) atoms. The Kier molecular flexibility index (Phi) is 5.11. The van der Waals surface area contributed by atoms with Gasteiger partial charge in [0.25, 0.3) is 0 Å². The Morgan fingerprint density at radius 3 is 2.95 bits per heavy atom. The summed E-state index contributed by atoms with van der Waals surface area (Å²) >= 11 is 0. The molecule has 0 bridgehead atoms. The largest absolute Gasteiger partial charge is 0.480 e. The van der Waals surface area contributed by atoms with Gasteiger partial charge in [0.2, 0.25) is 5.88 Å². The number of carboxylic acid groups (broad SMARTS) is 1. The molecule has 0 aromatic carbocycles. The van der Waals surface area contributed by atoms with E-state index in [1.165, 1.54) is 6.33 Å². The molecule has 7 nitrogen and oxygen atoms in total. The van der Waals surface area contributed by atoms with Gasteiger partial charge in [0.15, 0.2) is 0 Å². The van der Waals surface area contributed by atoms with Crippen molar-refractivity contribution in [3.63, 3.8) is 0 Å². The van der Waals surface area contributed by atoms with E-state index in [-0.39, 0.29) is 6.54 Å². The van der Waals surface area contributed by atoms with Gasteiger partial charge in [-0.25, -0.2) is 9.97 Å². The number of aromatic nitrogens is 2. The maximum Gasteiger partial charge on any atom is 0.317 e. The Bertz CT molecular complexity index is 455. The number of hydrogen-bond donors (Lipinski definition) is 1. The van der Waals surface area contributed by atoms with Crippen molar-refractivity contribution in [3.05, 3.63) is 12.4 Å². The molecule has 0 atom stereocenters. The SMILES string of the molecule is CCOc1cc(N2CCCN(CC(=O)O)CC2)ncn1. The predicted molar refractivity (Wildman–Crippen MR) is 74.1 cm³/mol. The van der Waals surface area contributed by atoms with Crippen molar-refractivity contribution in [3.8, 4) is 5.88 Å². The first-order valence-electron chi connectivity index (χ1n) is 6.83. The van der Waals surface area contributed by atoms with Crippen LogP contribution in [0.1, 0.15) is 13.3 Å². The first kappa shape index (κ1) is 14.5. The summed E-state index contributed by atoms with van der Waals surface area (Å²) in [6.07, 6.45) is 2.42. The van der Waals surface area contributed by atoms with E-state index in [2.05, 4.69) is 14.9 Å². The Labute approximate surface area is 118 Å². The highest BCUT2D eigenvalue weighted by atomic mass is 16.5. The molecule has 2 rings (SSSR count). The number of carbonyl (C=O) groups is 1. The van der Waals surface area contributed by atoms with Crippen molar-refractivity contribution in [2.45, 2.75) is 13.3 Å². The van der Waals surface area contributed by atoms with Crippen LogP contribution in [0, 0.1) is 0 Å². The van der Waals surface area contributed by atoms with Gasteiger partial charge < -0.3 is 14.7 Å². The number of anilines is 1. The predicted octanol–water partition coefficient (Wildman–Crippen LogP) is 0.472. The first-order chi connectivity index (χ1) is 9.69. The van der Waals surface area contributed by atoms with Gasteiger partial charge in [-0.05, 0) is 13.3 Å². The average molecular weight is 280 g/mol. The fourth-order valence-electron chi connectivity index (χ4n) is 2.28. The Morgan fingerprint density at radius 1 is 1.35 bits per heavy atom. The minimum Gasteiger partial charge on any atom is -0.480 e. The number of rotatable bonds is 5. The van der Waals surface area contributed by atoms with E-state index in [4.69, 9.17) is 9.84 Å². The van der Waals surface area contributed by atoms with E-state index in [0.29, 0.717) is 12.5 Å².